The first-order chi connectivity index (χ1) is 12.1. The van der Waals surface area contributed by atoms with Gasteiger partial charge in [0.2, 0.25) is 0 Å². The molecule has 0 aromatic heterocycles. The van der Waals surface area contributed by atoms with Gasteiger partial charge in [0.25, 0.3) is 0 Å². The molecule has 2 aromatic carbocycles. The molecule has 1 heterocycles. The molecule has 0 saturated carbocycles. The van der Waals surface area contributed by atoms with Crippen molar-refractivity contribution in [3.63, 3.8) is 0 Å². The Hall–Kier alpha value is -1.40. The smallest absolute Gasteiger partial charge is 0.176 e. The van der Waals surface area contributed by atoms with Crippen molar-refractivity contribution < 1.29 is 9.53 Å². The Morgan fingerprint density at radius 1 is 1.28 bits per heavy atom. The first-order valence-electron chi connectivity index (χ1n) is 8.23. The average molecular weight is 424 g/mol. The lowest BCUT2D eigenvalue weighted by molar-refractivity contribution is 0.0988. The number of benzene rings is 2. The molecule has 1 fully saturated rings. The summed E-state index contributed by atoms with van der Waals surface area (Å²) in [7, 11) is 0. The summed E-state index contributed by atoms with van der Waals surface area (Å²) >= 11 is 9.42. The molecule has 2 N–H and O–H groups in total. The van der Waals surface area contributed by atoms with Crippen molar-refractivity contribution >= 4 is 33.3 Å². The SMILES string of the molecule is O=C(CNCC1CNC1)c1cccc(OCc2ccc(Cl)cc2Br)c1. The Morgan fingerprint density at radius 3 is 2.84 bits per heavy atom. The minimum atomic E-state index is 0.0745. The van der Waals surface area contributed by atoms with Crippen LogP contribution in [-0.2, 0) is 6.61 Å². The van der Waals surface area contributed by atoms with Gasteiger partial charge in [-0.1, -0.05) is 45.7 Å². The van der Waals surface area contributed by atoms with Gasteiger partial charge >= 0.3 is 0 Å². The lowest BCUT2D eigenvalue weighted by Gasteiger charge is -2.27. The second-order valence-electron chi connectivity index (χ2n) is 6.13. The number of hydrogen-bond acceptors (Lipinski definition) is 4. The van der Waals surface area contributed by atoms with Gasteiger partial charge in [-0.3, -0.25) is 4.79 Å². The van der Waals surface area contributed by atoms with Crippen molar-refractivity contribution in [1.82, 2.24) is 10.6 Å². The fraction of sp³-hybridized carbons (Fsp3) is 0.316. The maximum atomic E-state index is 12.3. The van der Waals surface area contributed by atoms with Crippen LogP contribution in [-0.4, -0.2) is 32.0 Å². The van der Waals surface area contributed by atoms with Crippen molar-refractivity contribution in [3.8, 4) is 5.75 Å². The van der Waals surface area contributed by atoms with Gasteiger partial charge in [-0.25, -0.2) is 0 Å². The molecule has 0 bridgehead atoms. The highest BCUT2D eigenvalue weighted by atomic mass is 79.9. The minimum Gasteiger partial charge on any atom is -0.489 e. The molecule has 132 valence electrons. The van der Waals surface area contributed by atoms with E-state index in [4.69, 9.17) is 16.3 Å². The van der Waals surface area contributed by atoms with Crippen LogP contribution in [0.15, 0.2) is 46.9 Å². The van der Waals surface area contributed by atoms with Crippen molar-refractivity contribution in [3.05, 3.63) is 63.1 Å². The van der Waals surface area contributed by atoms with Crippen LogP contribution < -0.4 is 15.4 Å². The van der Waals surface area contributed by atoms with Gasteiger partial charge < -0.3 is 15.4 Å². The number of ketones is 1. The summed E-state index contributed by atoms with van der Waals surface area (Å²) in [4.78, 5) is 12.3. The van der Waals surface area contributed by atoms with Crippen LogP contribution in [0.5, 0.6) is 5.75 Å². The highest BCUT2D eigenvalue weighted by Crippen LogP contribution is 2.23. The molecule has 0 aliphatic carbocycles. The van der Waals surface area contributed by atoms with Gasteiger partial charge in [0, 0.05) is 40.3 Å². The fourth-order valence-electron chi connectivity index (χ4n) is 2.54. The van der Waals surface area contributed by atoms with E-state index in [2.05, 4.69) is 26.6 Å². The van der Waals surface area contributed by atoms with E-state index in [1.54, 1.807) is 6.07 Å². The van der Waals surface area contributed by atoms with Crippen LogP contribution in [0.2, 0.25) is 5.02 Å². The second-order valence-corrected chi connectivity index (χ2v) is 7.42. The second kappa shape index (κ2) is 8.81. The van der Waals surface area contributed by atoms with E-state index < -0.39 is 0 Å². The quantitative estimate of drug-likeness (QED) is 0.636. The highest BCUT2D eigenvalue weighted by molar-refractivity contribution is 9.10. The molecule has 2 aromatic rings. The van der Waals surface area contributed by atoms with E-state index in [-0.39, 0.29) is 5.78 Å². The fourth-order valence-corrected chi connectivity index (χ4v) is 3.34. The predicted molar refractivity (Wildman–Crippen MR) is 103 cm³/mol. The average Bonchev–Trinajstić information content (AvgIpc) is 2.56. The summed E-state index contributed by atoms with van der Waals surface area (Å²) < 4.78 is 6.72. The number of rotatable bonds is 8. The molecule has 1 saturated heterocycles. The van der Waals surface area contributed by atoms with Crippen LogP contribution in [0.25, 0.3) is 0 Å². The van der Waals surface area contributed by atoms with Gasteiger partial charge in [-0.2, -0.15) is 0 Å². The molecular formula is C19H20BrClN2O2. The monoisotopic (exact) mass is 422 g/mol. The molecule has 25 heavy (non-hydrogen) atoms. The van der Waals surface area contributed by atoms with E-state index in [0.29, 0.717) is 35.4 Å². The number of hydrogen-bond donors (Lipinski definition) is 2. The van der Waals surface area contributed by atoms with E-state index in [0.717, 1.165) is 29.7 Å². The first kappa shape index (κ1) is 18.4. The van der Waals surface area contributed by atoms with Gasteiger partial charge in [-0.05, 0) is 30.2 Å². The summed E-state index contributed by atoms with van der Waals surface area (Å²) in [6.45, 7) is 3.69. The Morgan fingerprint density at radius 2 is 2.12 bits per heavy atom. The molecule has 3 rings (SSSR count). The summed E-state index contributed by atoms with van der Waals surface area (Å²) in [6, 6.07) is 12.9. The largest absolute Gasteiger partial charge is 0.489 e. The maximum absolute atomic E-state index is 12.3. The Balaban J connectivity index is 1.54. The van der Waals surface area contributed by atoms with Crippen LogP contribution in [0.4, 0.5) is 0 Å². The Bertz CT molecular complexity index is 750. The Kier molecular flexibility index (Phi) is 6.48. The summed E-state index contributed by atoms with van der Waals surface area (Å²) in [5.41, 5.74) is 1.66. The third kappa shape index (κ3) is 5.28. The van der Waals surface area contributed by atoms with Crippen molar-refractivity contribution in [1.29, 1.82) is 0 Å². The van der Waals surface area contributed by atoms with Crippen LogP contribution in [0.3, 0.4) is 0 Å². The third-order valence-corrected chi connectivity index (χ3v) is 5.12. The zero-order valence-corrected chi connectivity index (χ0v) is 16.1. The van der Waals surface area contributed by atoms with Crippen molar-refractivity contribution in [2.75, 3.05) is 26.2 Å². The van der Waals surface area contributed by atoms with Gasteiger partial charge in [0.1, 0.15) is 12.4 Å². The maximum Gasteiger partial charge on any atom is 0.176 e. The lowest BCUT2D eigenvalue weighted by Crippen LogP contribution is -2.47. The van der Waals surface area contributed by atoms with Crippen LogP contribution in [0.1, 0.15) is 15.9 Å². The van der Waals surface area contributed by atoms with E-state index in [1.807, 2.05) is 36.4 Å². The highest BCUT2D eigenvalue weighted by Gasteiger charge is 2.16. The molecule has 0 amide bonds. The van der Waals surface area contributed by atoms with E-state index >= 15 is 0 Å². The van der Waals surface area contributed by atoms with Gasteiger partial charge in [0.15, 0.2) is 5.78 Å². The summed E-state index contributed by atoms with van der Waals surface area (Å²) in [5, 5.41) is 7.12. The molecule has 0 spiro atoms. The lowest BCUT2D eigenvalue weighted by atomic mass is 10.0. The van der Waals surface area contributed by atoms with Gasteiger partial charge in [-0.15, -0.1) is 0 Å². The zero-order valence-electron chi connectivity index (χ0n) is 13.7. The van der Waals surface area contributed by atoms with Gasteiger partial charge in [0.05, 0.1) is 6.54 Å². The molecular weight excluding hydrogens is 404 g/mol. The molecule has 0 atom stereocenters. The third-order valence-electron chi connectivity index (χ3n) is 4.15. The zero-order chi connectivity index (χ0) is 17.6. The standard InChI is InChI=1S/C19H20BrClN2O2/c20-18-7-16(21)5-4-15(18)12-25-17-3-1-2-14(6-17)19(24)11-23-10-13-8-22-9-13/h1-7,13,22-23H,8-12H2. The minimum absolute atomic E-state index is 0.0745. The summed E-state index contributed by atoms with van der Waals surface area (Å²) in [5.74, 6) is 1.39. The topological polar surface area (TPSA) is 50.4 Å². The number of carbonyl (C=O) groups is 1. The molecule has 0 unspecified atom stereocenters. The molecule has 4 nitrogen and oxygen atoms in total. The van der Waals surface area contributed by atoms with E-state index in [9.17, 15) is 4.79 Å². The van der Waals surface area contributed by atoms with Crippen molar-refractivity contribution in [2.24, 2.45) is 5.92 Å². The summed E-state index contributed by atoms with van der Waals surface area (Å²) in [6.07, 6.45) is 0. The number of halogens is 2. The van der Waals surface area contributed by atoms with Crippen LogP contribution >= 0.6 is 27.5 Å². The first-order valence-corrected chi connectivity index (χ1v) is 9.40. The molecule has 1 aliphatic heterocycles. The number of Topliss-reactive ketones (excluding diaryl/α,β-unsaturated/α-hetero) is 1. The number of ether oxygens (including phenoxy) is 1. The Labute approximate surface area is 161 Å². The molecule has 1 aliphatic rings. The van der Waals surface area contributed by atoms with E-state index in [1.165, 1.54) is 0 Å². The van der Waals surface area contributed by atoms with Crippen LogP contribution in [0, 0.1) is 5.92 Å². The number of nitrogens with one attached hydrogen (secondary N) is 2. The predicted octanol–water partition coefficient (Wildman–Crippen LogP) is 3.67. The van der Waals surface area contributed by atoms with Crippen molar-refractivity contribution in [2.45, 2.75) is 6.61 Å². The molecule has 0 radical (unpaired) electrons. The number of carbonyl (C=O) groups excluding carboxylic acids is 1. The normalized spacial score (nSPS) is 14.2. The molecule has 6 heteroatoms.